The van der Waals surface area contributed by atoms with Gasteiger partial charge in [-0.15, -0.1) is 0 Å². The fourth-order valence-corrected chi connectivity index (χ4v) is 3.25. The zero-order valence-electron chi connectivity index (χ0n) is 9.80. The van der Waals surface area contributed by atoms with Gasteiger partial charge in [-0.3, -0.25) is 4.21 Å². The summed E-state index contributed by atoms with van der Waals surface area (Å²) in [5.41, 5.74) is 1.03. The monoisotopic (exact) mass is 325 g/mol. The molecule has 1 atom stereocenters. The summed E-state index contributed by atoms with van der Waals surface area (Å²) < 4.78 is 18.2. The third kappa shape index (κ3) is 3.17. The van der Waals surface area contributed by atoms with E-state index in [4.69, 9.17) is 4.74 Å². The molecule has 0 bridgehead atoms. The predicted octanol–water partition coefficient (Wildman–Crippen LogP) is 3.16. The molecule has 3 nitrogen and oxygen atoms in total. The highest BCUT2D eigenvalue weighted by Gasteiger charge is 2.13. The average Bonchev–Trinajstić information content (AvgIpc) is 2.40. The smallest absolute Gasteiger partial charge is 0.229 e. The van der Waals surface area contributed by atoms with Crippen molar-refractivity contribution in [3.05, 3.63) is 52.6 Å². The van der Waals surface area contributed by atoms with Gasteiger partial charge in [-0.2, -0.15) is 0 Å². The van der Waals surface area contributed by atoms with E-state index < -0.39 is 10.8 Å². The number of rotatable bonds is 4. The summed E-state index contributed by atoms with van der Waals surface area (Å²) in [5, 5.41) is 0. The molecule has 0 saturated heterocycles. The lowest BCUT2D eigenvalue weighted by atomic mass is 10.2. The number of aromatic nitrogens is 1. The number of hydrogen-bond acceptors (Lipinski definition) is 3. The first-order chi connectivity index (χ1) is 8.70. The number of halogens is 1. The van der Waals surface area contributed by atoms with Gasteiger partial charge in [0.25, 0.3) is 0 Å². The maximum Gasteiger partial charge on any atom is 0.229 e. The molecule has 2 aromatic rings. The second-order valence-electron chi connectivity index (χ2n) is 3.64. The van der Waals surface area contributed by atoms with Gasteiger partial charge in [-0.1, -0.05) is 30.3 Å². The van der Waals surface area contributed by atoms with Crippen LogP contribution in [0.25, 0.3) is 0 Å². The van der Waals surface area contributed by atoms with E-state index in [0.29, 0.717) is 16.5 Å². The molecule has 18 heavy (non-hydrogen) atoms. The number of benzene rings is 1. The summed E-state index contributed by atoms with van der Waals surface area (Å²) in [7, 11) is 0.354. The maximum atomic E-state index is 12.3. The van der Waals surface area contributed by atoms with Crippen LogP contribution in [0.2, 0.25) is 0 Å². The largest absolute Gasteiger partial charge is 0.480 e. The molecular weight excluding hydrogens is 314 g/mol. The molecule has 94 valence electrons. The molecule has 0 saturated carbocycles. The highest BCUT2D eigenvalue weighted by molar-refractivity contribution is 9.10. The Bertz CT molecular complexity index is 560. The number of pyridine rings is 1. The minimum atomic E-state index is -1.17. The van der Waals surface area contributed by atoms with E-state index >= 15 is 0 Å². The fourth-order valence-electron chi connectivity index (χ4n) is 1.53. The van der Waals surface area contributed by atoms with Crippen LogP contribution in [0, 0.1) is 0 Å². The summed E-state index contributed by atoms with van der Waals surface area (Å²) in [6.07, 6.45) is 1.63. The molecule has 1 heterocycles. The van der Waals surface area contributed by atoms with Crippen LogP contribution in [0.5, 0.6) is 5.88 Å². The molecule has 0 aliphatic heterocycles. The number of nitrogens with zero attached hydrogens (tertiary/aromatic N) is 1. The topological polar surface area (TPSA) is 39.2 Å². The van der Waals surface area contributed by atoms with Gasteiger partial charge < -0.3 is 4.74 Å². The van der Waals surface area contributed by atoms with Crippen molar-refractivity contribution >= 4 is 26.7 Å². The van der Waals surface area contributed by atoms with E-state index in [1.807, 2.05) is 30.3 Å². The van der Waals surface area contributed by atoms with Crippen LogP contribution in [0.4, 0.5) is 0 Å². The normalized spacial score (nSPS) is 12.1. The van der Waals surface area contributed by atoms with E-state index in [9.17, 15) is 4.21 Å². The van der Waals surface area contributed by atoms with Gasteiger partial charge in [-0.25, -0.2) is 4.98 Å². The minimum Gasteiger partial charge on any atom is -0.480 e. The van der Waals surface area contributed by atoms with Gasteiger partial charge in [-0.05, 0) is 27.6 Å². The summed E-state index contributed by atoms with van der Waals surface area (Å²) in [4.78, 5) is 4.70. The van der Waals surface area contributed by atoms with Crippen molar-refractivity contribution in [1.82, 2.24) is 4.98 Å². The van der Waals surface area contributed by atoms with Crippen LogP contribution in [0.15, 0.2) is 52.0 Å². The number of hydrogen-bond donors (Lipinski definition) is 0. The van der Waals surface area contributed by atoms with E-state index in [2.05, 4.69) is 20.9 Å². The summed E-state index contributed by atoms with van der Waals surface area (Å²) in [6.45, 7) is 0. The van der Waals surface area contributed by atoms with Crippen molar-refractivity contribution in [2.75, 3.05) is 7.11 Å². The lowest BCUT2D eigenvalue weighted by Crippen LogP contribution is -2.01. The van der Waals surface area contributed by atoms with Gasteiger partial charge >= 0.3 is 0 Å². The summed E-state index contributed by atoms with van der Waals surface area (Å²) in [6, 6.07) is 11.5. The highest BCUT2D eigenvalue weighted by atomic mass is 79.9. The van der Waals surface area contributed by atoms with Crippen molar-refractivity contribution in [3.63, 3.8) is 0 Å². The lowest BCUT2D eigenvalue weighted by molar-refractivity contribution is 0.386. The first-order valence-corrected chi connectivity index (χ1v) is 7.43. The van der Waals surface area contributed by atoms with Crippen molar-refractivity contribution in [2.45, 2.75) is 10.6 Å². The Balaban J connectivity index is 2.26. The maximum absolute atomic E-state index is 12.3. The Labute approximate surface area is 117 Å². The molecular formula is C13H12BrNO2S. The van der Waals surface area contributed by atoms with Crippen molar-refractivity contribution < 1.29 is 8.95 Å². The second-order valence-corrected chi connectivity index (χ2v) is 5.97. The molecule has 0 aliphatic rings. The molecule has 0 fully saturated rings. The van der Waals surface area contributed by atoms with Crippen LogP contribution in [0.1, 0.15) is 5.56 Å². The second kappa shape index (κ2) is 6.11. The Morgan fingerprint density at radius 1 is 1.33 bits per heavy atom. The van der Waals surface area contributed by atoms with Crippen molar-refractivity contribution in [1.29, 1.82) is 0 Å². The molecule has 1 aromatic heterocycles. The van der Waals surface area contributed by atoms with Crippen LogP contribution < -0.4 is 4.74 Å². The van der Waals surface area contributed by atoms with E-state index in [0.717, 1.165) is 10.0 Å². The molecule has 0 N–H and O–H groups in total. The molecule has 5 heteroatoms. The van der Waals surface area contributed by atoms with Gasteiger partial charge in [0, 0.05) is 10.7 Å². The third-order valence-electron chi connectivity index (χ3n) is 2.36. The summed E-state index contributed by atoms with van der Waals surface area (Å²) >= 11 is 3.33. The first-order valence-electron chi connectivity index (χ1n) is 5.32. The van der Waals surface area contributed by atoms with Crippen LogP contribution in [-0.2, 0) is 16.6 Å². The molecule has 1 unspecified atom stereocenters. The quantitative estimate of drug-likeness (QED) is 0.866. The SMILES string of the molecule is COc1ncc(Br)cc1S(=O)Cc1ccccc1. The third-order valence-corrected chi connectivity index (χ3v) is 4.18. The van der Waals surface area contributed by atoms with Gasteiger partial charge in [0.1, 0.15) is 4.90 Å². The Morgan fingerprint density at radius 2 is 2.06 bits per heavy atom. The van der Waals surface area contributed by atoms with Crippen molar-refractivity contribution in [3.8, 4) is 5.88 Å². The van der Waals surface area contributed by atoms with Crippen LogP contribution >= 0.6 is 15.9 Å². The number of methoxy groups -OCH3 is 1. The molecule has 2 rings (SSSR count). The standard InChI is InChI=1S/C13H12BrNO2S/c1-17-13-12(7-11(14)8-15-13)18(16)9-10-5-3-2-4-6-10/h2-8H,9H2,1H3. The average molecular weight is 326 g/mol. The molecule has 1 aromatic carbocycles. The zero-order chi connectivity index (χ0) is 13.0. The Hall–Kier alpha value is -1.20. The lowest BCUT2D eigenvalue weighted by Gasteiger charge is -2.07. The van der Waals surface area contributed by atoms with E-state index in [1.165, 1.54) is 7.11 Å². The van der Waals surface area contributed by atoms with E-state index in [-0.39, 0.29) is 0 Å². The molecule has 0 aliphatic carbocycles. The number of ether oxygens (including phenoxy) is 1. The first kappa shape index (κ1) is 13.2. The van der Waals surface area contributed by atoms with Gasteiger partial charge in [0.2, 0.25) is 5.88 Å². The minimum absolute atomic E-state index is 0.410. The molecule has 0 amide bonds. The summed E-state index contributed by atoms with van der Waals surface area (Å²) in [5.74, 6) is 0.863. The Morgan fingerprint density at radius 3 is 2.72 bits per heavy atom. The predicted molar refractivity (Wildman–Crippen MR) is 75.0 cm³/mol. The fraction of sp³-hybridized carbons (Fsp3) is 0.154. The van der Waals surface area contributed by atoms with Gasteiger partial charge in [0.15, 0.2) is 0 Å². The van der Waals surface area contributed by atoms with Crippen molar-refractivity contribution in [2.24, 2.45) is 0 Å². The zero-order valence-corrected chi connectivity index (χ0v) is 12.2. The van der Waals surface area contributed by atoms with Gasteiger partial charge in [0.05, 0.1) is 23.7 Å². The van der Waals surface area contributed by atoms with E-state index in [1.54, 1.807) is 12.3 Å². The molecule has 0 radical (unpaired) electrons. The van der Waals surface area contributed by atoms with Crippen LogP contribution in [-0.4, -0.2) is 16.3 Å². The Kier molecular flexibility index (Phi) is 4.49. The molecule has 0 spiro atoms. The van der Waals surface area contributed by atoms with Crippen LogP contribution in [0.3, 0.4) is 0 Å². The highest BCUT2D eigenvalue weighted by Crippen LogP contribution is 2.24.